The van der Waals surface area contributed by atoms with E-state index in [1.165, 1.54) is 0 Å². The molecule has 2 aliphatic rings. The summed E-state index contributed by atoms with van der Waals surface area (Å²) in [7, 11) is 0. The van der Waals surface area contributed by atoms with Gasteiger partial charge in [0.1, 0.15) is 11.6 Å². The number of hydrogen-bond donors (Lipinski definition) is 2. The summed E-state index contributed by atoms with van der Waals surface area (Å²) in [6, 6.07) is 5.08. The Labute approximate surface area is 184 Å². The van der Waals surface area contributed by atoms with E-state index in [0.29, 0.717) is 23.1 Å². The van der Waals surface area contributed by atoms with Crippen molar-refractivity contribution in [3.8, 4) is 0 Å². The summed E-state index contributed by atoms with van der Waals surface area (Å²) in [4.78, 5) is 19.2. The van der Waals surface area contributed by atoms with E-state index >= 15 is 0 Å². The van der Waals surface area contributed by atoms with Gasteiger partial charge in [-0.25, -0.2) is 18.2 Å². The summed E-state index contributed by atoms with van der Waals surface area (Å²) in [5.41, 5.74) is 6.05. The molecule has 2 fully saturated rings. The second kappa shape index (κ2) is 9.77. The molecule has 3 heterocycles. The number of primary amides is 1. The summed E-state index contributed by atoms with van der Waals surface area (Å²) in [5.74, 6) is -4.57. The van der Waals surface area contributed by atoms with E-state index in [1.54, 1.807) is 12.1 Å². The van der Waals surface area contributed by atoms with Gasteiger partial charge in [-0.2, -0.15) is 0 Å². The first kappa shape index (κ1) is 22.4. The number of amides is 1. The lowest BCUT2D eigenvalue weighted by atomic mass is 9.90. The van der Waals surface area contributed by atoms with E-state index in [4.69, 9.17) is 15.5 Å². The van der Waals surface area contributed by atoms with Gasteiger partial charge in [0.25, 0.3) is 0 Å². The maximum atomic E-state index is 13.9. The molecule has 1 aromatic heterocycles. The van der Waals surface area contributed by atoms with Gasteiger partial charge in [0.05, 0.1) is 5.92 Å². The molecular weight excluding hydrogens is 421 g/mol. The summed E-state index contributed by atoms with van der Waals surface area (Å²) < 4.78 is 46.7. The number of ether oxygens (including phenoxy) is 1. The Morgan fingerprint density at radius 2 is 1.81 bits per heavy atom. The number of nitrogens with zero attached hydrogens (tertiary/aromatic N) is 2. The Bertz CT molecular complexity index is 953. The Morgan fingerprint density at radius 3 is 2.44 bits per heavy atom. The van der Waals surface area contributed by atoms with Gasteiger partial charge in [-0.15, -0.1) is 0 Å². The van der Waals surface area contributed by atoms with Crippen molar-refractivity contribution in [3.63, 3.8) is 0 Å². The molecule has 0 aliphatic carbocycles. The number of nitrogens with one attached hydrogen (secondary N) is 1. The van der Waals surface area contributed by atoms with Crippen LogP contribution in [-0.4, -0.2) is 43.7 Å². The lowest BCUT2D eigenvalue weighted by Crippen LogP contribution is -2.28. The zero-order valence-corrected chi connectivity index (χ0v) is 17.8. The molecule has 0 radical (unpaired) electrons. The number of anilines is 2. The molecule has 1 atom stereocenters. The number of carbonyl (C=O) groups is 1. The fraction of sp³-hybridized carbons (Fsp3) is 0.478. The van der Waals surface area contributed by atoms with Crippen LogP contribution in [0.5, 0.6) is 0 Å². The van der Waals surface area contributed by atoms with Crippen LogP contribution in [0.4, 0.5) is 24.8 Å². The maximum Gasteiger partial charge on any atom is 0.229 e. The number of benzene rings is 1. The molecule has 3 N–H and O–H groups in total. The van der Waals surface area contributed by atoms with Crippen molar-refractivity contribution in [1.29, 1.82) is 0 Å². The topological polar surface area (TPSA) is 80.5 Å². The molecule has 1 aromatic carbocycles. The zero-order valence-electron chi connectivity index (χ0n) is 17.8. The third kappa shape index (κ3) is 4.82. The van der Waals surface area contributed by atoms with Crippen molar-refractivity contribution in [3.05, 3.63) is 52.8 Å². The number of pyridine rings is 1. The molecule has 6 nitrogen and oxygen atoms in total. The molecular formula is C23H27F3N4O2. The summed E-state index contributed by atoms with van der Waals surface area (Å²) in [6.07, 6.45) is 3.91. The highest BCUT2D eigenvalue weighted by molar-refractivity contribution is 5.87. The molecule has 1 unspecified atom stereocenters. The third-order valence-electron chi connectivity index (χ3n) is 6.16. The van der Waals surface area contributed by atoms with Crippen molar-refractivity contribution in [2.75, 3.05) is 43.1 Å². The predicted molar refractivity (Wildman–Crippen MR) is 115 cm³/mol. The van der Waals surface area contributed by atoms with Gasteiger partial charge in [0, 0.05) is 38.4 Å². The molecule has 32 heavy (non-hydrogen) atoms. The van der Waals surface area contributed by atoms with Crippen molar-refractivity contribution in [2.24, 2.45) is 11.7 Å². The monoisotopic (exact) mass is 448 g/mol. The highest BCUT2D eigenvalue weighted by atomic mass is 19.2. The number of aromatic nitrogens is 1. The minimum Gasteiger partial charge on any atom is -0.381 e. The van der Waals surface area contributed by atoms with Crippen LogP contribution in [0.2, 0.25) is 0 Å². The van der Waals surface area contributed by atoms with Crippen LogP contribution in [0.25, 0.3) is 0 Å². The van der Waals surface area contributed by atoms with Gasteiger partial charge in [0.2, 0.25) is 5.91 Å². The fourth-order valence-corrected chi connectivity index (χ4v) is 4.40. The molecule has 172 valence electrons. The molecule has 0 spiro atoms. The maximum absolute atomic E-state index is 13.9. The summed E-state index contributed by atoms with van der Waals surface area (Å²) >= 11 is 0. The van der Waals surface area contributed by atoms with Crippen LogP contribution in [0.15, 0.2) is 24.3 Å². The number of halogens is 3. The average molecular weight is 448 g/mol. The van der Waals surface area contributed by atoms with Crippen molar-refractivity contribution >= 4 is 17.5 Å². The van der Waals surface area contributed by atoms with Gasteiger partial charge in [-0.1, -0.05) is 6.07 Å². The van der Waals surface area contributed by atoms with Crippen LogP contribution in [0.1, 0.15) is 42.7 Å². The number of rotatable bonds is 7. The van der Waals surface area contributed by atoms with Crippen LogP contribution in [0.3, 0.4) is 0 Å². The lowest BCUT2D eigenvalue weighted by Gasteiger charge is -2.26. The minimum absolute atomic E-state index is 0.0425. The molecule has 9 heteroatoms. The Kier molecular flexibility index (Phi) is 6.83. The standard InChI is InChI=1S/C23H27F3N4O2/c24-17-11-15(12-18(25)21(17)26)20(22(27)31)16-3-4-19(28-13-14-5-9-32-10-6-14)29-23(16)30-7-1-2-8-30/h3-4,11-12,14,20H,1-2,5-10,13H2,(H2,27,31)(H,28,29). The van der Waals surface area contributed by atoms with Crippen LogP contribution in [-0.2, 0) is 9.53 Å². The van der Waals surface area contributed by atoms with Crippen LogP contribution < -0.4 is 16.0 Å². The van der Waals surface area contributed by atoms with Gasteiger partial charge in [0.15, 0.2) is 17.5 Å². The van der Waals surface area contributed by atoms with E-state index in [-0.39, 0.29) is 5.56 Å². The normalized spacial score (nSPS) is 18.0. The average Bonchev–Trinajstić information content (AvgIpc) is 3.32. The van der Waals surface area contributed by atoms with Crippen LogP contribution >= 0.6 is 0 Å². The van der Waals surface area contributed by atoms with Gasteiger partial charge in [-0.3, -0.25) is 4.79 Å². The van der Waals surface area contributed by atoms with E-state index < -0.39 is 29.3 Å². The molecule has 2 aliphatic heterocycles. The predicted octanol–water partition coefficient (Wildman–Crippen LogP) is 3.55. The van der Waals surface area contributed by atoms with Crippen molar-refractivity contribution < 1.29 is 22.7 Å². The molecule has 0 saturated carbocycles. The lowest BCUT2D eigenvalue weighted by molar-refractivity contribution is -0.118. The van der Waals surface area contributed by atoms with Gasteiger partial charge < -0.3 is 20.7 Å². The smallest absolute Gasteiger partial charge is 0.229 e. The first-order chi connectivity index (χ1) is 15.4. The second-order valence-electron chi connectivity index (χ2n) is 8.37. The Hall–Kier alpha value is -2.81. The Balaban J connectivity index is 1.68. The van der Waals surface area contributed by atoms with E-state index in [0.717, 1.165) is 70.7 Å². The molecule has 2 saturated heterocycles. The number of nitrogens with two attached hydrogens (primary N) is 1. The summed E-state index contributed by atoms with van der Waals surface area (Å²) in [6.45, 7) is 3.76. The highest BCUT2D eigenvalue weighted by Crippen LogP contribution is 2.35. The first-order valence-electron chi connectivity index (χ1n) is 11.0. The zero-order chi connectivity index (χ0) is 22.7. The fourth-order valence-electron chi connectivity index (χ4n) is 4.40. The summed E-state index contributed by atoms with van der Waals surface area (Å²) in [5, 5.41) is 3.36. The van der Waals surface area contributed by atoms with Gasteiger partial charge >= 0.3 is 0 Å². The van der Waals surface area contributed by atoms with E-state index in [1.807, 2.05) is 4.90 Å². The first-order valence-corrected chi connectivity index (χ1v) is 11.0. The number of hydrogen-bond acceptors (Lipinski definition) is 5. The van der Waals surface area contributed by atoms with Crippen LogP contribution in [0, 0.1) is 23.4 Å². The number of carbonyl (C=O) groups excluding carboxylic acids is 1. The Morgan fingerprint density at radius 1 is 1.16 bits per heavy atom. The van der Waals surface area contributed by atoms with Gasteiger partial charge in [-0.05, 0) is 55.4 Å². The molecule has 1 amide bonds. The van der Waals surface area contributed by atoms with E-state index in [9.17, 15) is 18.0 Å². The molecule has 2 aromatic rings. The van der Waals surface area contributed by atoms with E-state index in [2.05, 4.69) is 5.32 Å². The van der Waals surface area contributed by atoms with Crippen molar-refractivity contribution in [2.45, 2.75) is 31.6 Å². The third-order valence-corrected chi connectivity index (χ3v) is 6.16. The molecule has 4 rings (SSSR count). The quantitative estimate of drug-likeness (QED) is 0.634. The second-order valence-corrected chi connectivity index (χ2v) is 8.37. The minimum atomic E-state index is -1.58. The molecule has 0 bridgehead atoms. The van der Waals surface area contributed by atoms with Crippen molar-refractivity contribution in [1.82, 2.24) is 4.98 Å². The SMILES string of the molecule is NC(=O)C(c1cc(F)c(F)c(F)c1)c1ccc(NCC2CCOCC2)nc1N1CCCC1. The highest BCUT2D eigenvalue weighted by Gasteiger charge is 2.29. The largest absolute Gasteiger partial charge is 0.381 e.